The molecule has 16 heavy (non-hydrogen) atoms. The zero-order valence-electron chi connectivity index (χ0n) is 8.73. The Bertz CT molecular complexity index is 385. The Hall–Kier alpha value is -1.99. The number of hydrogen-bond acceptors (Lipinski definition) is 5. The summed E-state index contributed by atoms with van der Waals surface area (Å²) in [6, 6.07) is -0.330. The minimum absolute atomic E-state index is 0.0777. The van der Waals surface area contributed by atoms with Crippen LogP contribution in [0.2, 0.25) is 0 Å². The van der Waals surface area contributed by atoms with E-state index < -0.39 is 11.9 Å². The van der Waals surface area contributed by atoms with Gasteiger partial charge in [-0.25, -0.2) is 0 Å². The molecule has 1 aliphatic rings. The van der Waals surface area contributed by atoms with Crippen molar-refractivity contribution in [2.45, 2.75) is 31.8 Å². The van der Waals surface area contributed by atoms with Gasteiger partial charge in [0.1, 0.15) is 6.04 Å². The third-order valence-electron chi connectivity index (χ3n) is 2.21. The monoisotopic (exact) mass is 224 g/mol. The molecule has 1 aliphatic carbocycles. The number of H-pyrrole nitrogens is 1. The first kappa shape index (κ1) is 10.5. The molecule has 0 saturated heterocycles. The molecule has 0 radical (unpaired) electrons. The van der Waals surface area contributed by atoms with E-state index in [1.165, 1.54) is 0 Å². The zero-order chi connectivity index (χ0) is 11.5. The Morgan fingerprint density at radius 1 is 1.50 bits per heavy atom. The van der Waals surface area contributed by atoms with Crippen LogP contribution in [0, 0.1) is 0 Å². The van der Waals surface area contributed by atoms with Crippen LogP contribution in [-0.2, 0) is 4.79 Å². The number of amides is 2. The van der Waals surface area contributed by atoms with Gasteiger partial charge in [0.2, 0.25) is 5.91 Å². The largest absolute Gasteiger partial charge is 0.352 e. The van der Waals surface area contributed by atoms with E-state index in [0.717, 1.165) is 12.8 Å². The standard InChI is InChI=1S/C8H12N6O2/c1-4(7(15)10-5-2-3-5)9-8(16)6-11-13-14-12-6/h4-5H,2-3H2,1H3,(H,9,16)(H,10,15)(H,11,12,13,14). The van der Waals surface area contributed by atoms with E-state index in [4.69, 9.17) is 0 Å². The molecule has 1 aromatic rings. The molecule has 1 fully saturated rings. The van der Waals surface area contributed by atoms with Crippen molar-refractivity contribution in [3.8, 4) is 0 Å². The highest BCUT2D eigenvalue weighted by molar-refractivity contribution is 5.94. The number of nitrogens with one attached hydrogen (secondary N) is 3. The van der Waals surface area contributed by atoms with Crippen LogP contribution < -0.4 is 10.6 Å². The van der Waals surface area contributed by atoms with Crippen molar-refractivity contribution < 1.29 is 9.59 Å². The number of aromatic nitrogens is 4. The number of rotatable bonds is 4. The first-order valence-electron chi connectivity index (χ1n) is 5.01. The summed E-state index contributed by atoms with van der Waals surface area (Å²) in [5.74, 6) is -0.794. The van der Waals surface area contributed by atoms with Crippen LogP contribution in [0.4, 0.5) is 0 Å². The molecule has 0 spiro atoms. The van der Waals surface area contributed by atoms with Gasteiger partial charge in [0.05, 0.1) is 0 Å². The molecule has 8 heteroatoms. The maximum Gasteiger partial charge on any atom is 0.293 e. The summed E-state index contributed by atoms with van der Waals surface area (Å²) >= 11 is 0. The second-order valence-electron chi connectivity index (χ2n) is 3.71. The van der Waals surface area contributed by atoms with Crippen molar-refractivity contribution in [1.29, 1.82) is 0 Å². The lowest BCUT2D eigenvalue weighted by atomic mass is 10.3. The molecule has 0 aliphatic heterocycles. The topological polar surface area (TPSA) is 113 Å². The van der Waals surface area contributed by atoms with E-state index in [0.29, 0.717) is 0 Å². The van der Waals surface area contributed by atoms with Crippen LogP contribution in [0.15, 0.2) is 0 Å². The van der Waals surface area contributed by atoms with Crippen molar-refractivity contribution in [3.05, 3.63) is 5.82 Å². The number of hydrogen-bond donors (Lipinski definition) is 3. The van der Waals surface area contributed by atoms with E-state index in [9.17, 15) is 9.59 Å². The molecule has 2 rings (SSSR count). The fraction of sp³-hybridized carbons (Fsp3) is 0.625. The maximum absolute atomic E-state index is 11.5. The highest BCUT2D eigenvalue weighted by Crippen LogP contribution is 2.18. The summed E-state index contributed by atoms with van der Waals surface area (Å²) in [7, 11) is 0. The van der Waals surface area contributed by atoms with Gasteiger partial charge >= 0.3 is 0 Å². The SMILES string of the molecule is CC(NC(=O)c1nn[nH]n1)C(=O)NC1CC1. The third-order valence-corrected chi connectivity index (χ3v) is 2.21. The quantitative estimate of drug-likeness (QED) is 0.582. The number of carbonyl (C=O) groups is 2. The molecule has 3 N–H and O–H groups in total. The van der Waals surface area contributed by atoms with E-state index >= 15 is 0 Å². The van der Waals surface area contributed by atoms with Gasteiger partial charge in [0.15, 0.2) is 0 Å². The van der Waals surface area contributed by atoms with Crippen LogP contribution >= 0.6 is 0 Å². The van der Waals surface area contributed by atoms with Crippen molar-refractivity contribution in [1.82, 2.24) is 31.3 Å². The molecule has 1 unspecified atom stereocenters. The summed E-state index contributed by atoms with van der Waals surface area (Å²) in [5.41, 5.74) is 0. The Balaban J connectivity index is 1.83. The fourth-order valence-electron chi connectivity index (χ4n) is 1.14. The first-order chi connectivity index (χ1) is 7.66. The molecule has 1 saturated carbocycles. The van der Waals surface area contributed by atoms with Crippen LogP contribution in [0.3, 0.4) is 0 Å². The average Bonchev–Trinajstić information content (AvgIpc) is 2.89. The number of tetrazole rings is 1. The summed E-state index contributed by atoms with van der Waals surface area (Å²) in [5, 5.41) is 17.7. The van der Waals surface area contributed by atoms with Gasteiger partial charge in [-0.2, -0.15) is 5.21 Å². The molecule has 1 atom stereocenters. The lowest BCUT2D eigenvalue weighted by molar-refractivity contribution is -0.122. The zero-order valence-corrected chi connectivity index (χ0v) is 8.73. The third kappa shape index (κ3) is 2.53. The van der Waals surface area contributed by atoms with E-state index in [2.05, 4.69) is 31.3 Å². The lowest BCUT2D eigenvalue weighted by Crippen LogP contribution is -2.45. The Kier molecular flexibility index (Phi) is 2.80. The average molecular weight is 224 g/mol. The highest BCUT2D eigenvalue weighted by atomic mass is 16.2. The van der Waals surface area contributed by atoms with Gasteiger partial charge in [0, 0.05) is 6.04 Å². The van der Waals surface area contributed by atoms with E-state index in [-0.39, 0.29) is 17.8 Å². The molecular weight excluding hydrogens is 212 g/mol. The smallest absolute Gasteiger partial charge is 0.293 e. The highest BCUT2D eigenvalue weighted by Gasteiger charge is 2.26. The predicted octanol–water partition coefficient (Wildman–Crippen LogP) is -1.40. The molecule has 2 amide bonds. The van der Waals surface area contributed by atoms with Crippen molar-refractivity contribution in [3.63, 3.8) is 0 Å². The Morgan fingerprint density at radius 2 is 2.25 bits per heavy atom. The summed E-state index contributed by atoms with van der Waals surface area (Å²) in [6.45, 7) is 1.61. The predicted molar refractivity (Wildman–Crippen MR) is 52.3 cm³/mol. The van der Waals surface area contributed by atoms with Crippen molar-refractivity contribution in [2.75, 3.05) is 0 Å². The summed E-state index contributed by atoms with van der Waals surface area (Å²) in [4.78, 5) is 23.0. The van der Waals surface area contributed by atoms with Gasteiger partial charge < -0.3 is 10.6 Å². The van der Waals surface area contributed by atoms with Crippen LogP contribution in [0.5, 0.6) is 0 Å². The molecule has 8 nitrogen and oxygen atoms in total. The Labute approximate surface area is 91.2 Å². The van der Waals surface area contributed by atoms with Crippen molar-refractivity contribution >= 4 is 11.8 Å². The van der Waals surface area contributed by atoms with Crippen LogP contribution in [0.1, 0.15) is 30.4 Å². The van der Waals surface area contributed by atoms with E-state index in [1.54, 1.807) is 6.92 Å². The van der Waals surface area contributed by atoms with Crippen molar-refractivity contribution in [2.24, 2.45) is 0 Å². The molecule has 0 bridgehead atoms. The second-order valence-corrected chi connectivity index (χ2v) is 3.71. The molecule has 1 heterocycles. The van der Waals surface area contributed by atoms with Gasteiger partial charge in [0.25, 0.3) is 11.7 Å². The van der Waals surface area contributed by atoms with Gasteiger partial charge in [-0.05, 0) is 25.0 Å². The molecule has 0 aromatic carbocycles. The van der Waals surface area contributed by atoms with Crippen LogP contribution in [0.25, 0.3) is 0 Å². The number of aromatic amines is 1. The minimum atomic E-state index is -0.605. The number of carbonyl (C=O) groups excluding carboxylic acids is 2. The Morgan fingerprint density at radius 3 is 2.81 bits per heavy atom. The number of nitrogens with zero attached hydrogens (tertiary/aromatic N) is 3. The first-order valence-corrected chi connectivity index (χ1v) is 5.01. The fourth-order valence-corrected chi connectivity index (χ4v) is 1.14. The van der Waals surface area contributed by atoms with Gasteiger partial charge in [-0.3, -0.25) is 9.59 Å². The molecule has 86 valence electrons. The minimum Gasteiger partial charge on any atom is -0.352 e. The van der Waals surface area contributed by atoms with Crippen LogP contribution in [-0.4, -0.2) is 44.5 Å². The lowest BCUT2D eigenvalue weighted by Gasteiger charge is -2.12. The summed E-state index contributed by atoms with van der Waals surface area (Å²) in [6.07, 6.45) is 2.02. The van der Waals surface area contributed by atoms with Gasteiger partial charge in [-0.1, -0.05) is 0 Å². The van der Waals surface area contributed by atoms with Gasteiger partial charge in [-0.15, -0.1) is 10.2 Å². The summed E-state index contributed by atoms with van der Waals surface area (Å²) < 4.78 is 0. The maximum atomic E-state index is 11.5. The molecule has 1 aromatic heterocycles. The second kappa shape index (κ2) is 4.25. The normalized spacial score (nSPS) is 16.6. The molecular formula is C8H12N6O2. The van der Waals surface area contributed by atoms with E-state index in [1.807, 2.05) is 0 Å².